The third-order valence-corrected chi connectivity index (χ3v) is 4.47. The minimum atomic E-state index is 0.484. The number of carbonyl (C=O) groups excluding carboxylic acids is 1. The zero-order valence-electron chi connectivity index (χ0n) is 10.2. The molecule has 0 aromatic carbocycles. The van der Waals surface area contributed by atoms with Gasteiger partial charge in [0.2, 0.25) is 0 Å². The molecule has 0 radical (unpaired) electrons. The van der Waals surface area contributed by atoms with Crippen LogP contribution in [0.4, 0.5) is 0 Å². The average molecular weight is 208 g/mol. The molecule has 3 aliphatic carbocycles. The fraction of sp³-hybridized carbons (Fsp3) is 0.929. The summed E-state index contributed by atoms with van der Waals surface area (Å²) < 4.78 is 0. The van der Waals surface area contributed by atoms with Crippen molar-refractivity contribution < 1.29 is 4.79 Å². The topological polar surface area (TPSA) is 17.1 Å². The number of hydrogen-bond acceptors (Lipinski definition) is 1. The van der Waals surface area contributed by atoms with Gasteiger partial charge >= 0.3 is 0 Å². The molecule has 0 aliphatic heterocycles. The molecule has 86 valence electrons. The third-order valence-electron chi connectivity index (χ3n) is 4.47. The molecular weight excluding hydrogens is 184 g/mol. The van der Waals surface area contributed by atoms with E-state index in [2.05, 4.69) is 13.8 Å². The lowest BCUT2D eigenvalue weighted by Gasteiger charge is -2.48. The SMILES string of the molecule is CCCC(C)CC(=O)C1C2CCCC1C2. The van der Waals surface area contributed by atoms with Crippen LogP contribution < -0.4 is 0 Å². The van der Waals surface area contributed by atoms with E-state index in [1.54, 1.807) is 0 Å². The Labute approximate surface area is 93.6 Å². The van der Waals surface area contributed by atoms with Crippen molar-refractivity contribution in [3.63, 3.8) is 0 Å². The molecule has 1 heteroatoms. The van der Waals surface area contributed by atoms with Crippen molar-refractivity contribution in [2.24, 2.45) is 23.7 Å². The van der Waals surface area contributed by atoms with Crippen LogP contribution in [0.1, 0.15) is 58.8 Å². The van der Waals surface area contributed by atoms with E-state index >= 15 is 0 Å². The lowest BCUT2D eigenvalue weighted by Crippen LogP contribution is -2.45. The predicted octanol–water partition coefficient (Wildman–Crippen LogP) is 3.82. The number of ketones is 1. The lowest BCUT2D eigenvalue weighted by atomic mass is 9.55. The van der Waals surface area contributed by atoms with Crippen LogP contribution in [0.3, 0.4) is 0 Å². The fourth-order valence-electron chi connectivity index (χ4n) is 3.71. The highest BCUT2D eigenvalue weighted by molar-refractivity contribution is 5.82. The van der Waals surface area contributed by atoms with Gasteiger partial charge in [-0.1, -0.05) is 33.1 Å². The highest BCUT2D eigenvalue weighted by Gasteiger charge is 2.46. The summed E-state index contributed by atoms with van der Waals surface area (Å²) in [6.45, 7) is 4.44. The summed E-state index contributed by atoms with van der Waals surface area (Å²) in [6, 6.07) is 0. The minimum absolute atomic E-state index is 0.484. The van der Waals surface area contributed by atoms with E-state index < -0.39 is 0 Å². The number of carbonyl (C=O) groups is 1. The normalized spacial score (nSPS) is 35.7. The Morgan fingerprint density at radius 1 is 1.33 bits per heavy atom. The van der Waals surface area contributed by atoms with Crippen LogP contribution in [0.15, 0.2) is 0 Å². The van der Waals surface area contributed by atoms with Crippen molar-refractivity contribution in [1.82, 2.24) is 0 Å². The second-order valence-corrected chi connectivity index (χ2v) is 5.78. The first-order valence-corrected chi connectivity index (χ1v) is 6.75. The maximum Gasteiger partial charge on any atom is 0.136 e. The fourth-order valence-corrected chi connectivity index (χ4v) is 3.71. The smallest absolute Gasteiger partial charge is 0.136 e. The van der Waals surface area contributed by atoms with Gasteiger partial charge in [-0.2, -0.15) is 0 Å². The summed E-state index contributed by atoms with van der Waals surface area (Å²) in [6.07, 6.45) is 8.68. The molecule has 15 heavy (non-hydrogen) atoms. The van der Waals surface area contributed by atoms with Gasteiger partial charge in [-0.25, -0.2) is 0 Å². The third kappa shape index (κ3) is 2.26. The van der Waals surface area contributed by atoms with Crippen LogP contribution in [0.2, 0.25) is 0 Å². The Kier molecular flexibility index (Phi) is 3.48. The second kappa shape index (κ2) is 4.67. The van der Waals surface area contributed by atoms with Gasteiger partial charge in [-0.15, -0.1) is 0 Å². The van der Waals surface area contributed by atoms with Gasteiger partial charge in [-0.3, -0.25) is 4.79 Å². The molecule has 0 heterocycles. The quantitative estimate of drug-likeness (QED) is 0.671. The number of rotatable bonds is 5. The summed E-state index contributed by atoms with van der Waals surface area (Å²) in [7, 11) is 0. The van der Waals surface area contributed by atoms with E-state index in [-0.39, 0.29) is 0 Å². The van der Waals surface area contributed by atoms with Crippen LogP contribution in [0, 0.1) is 23.7 Å². The van der Waals surface area contributed by atoms with Gasteiger partial charge in [0.15, 0.2) is 0 Å². The molecule has 3 rings (SSSR count). The molecule has 3 unspecified atom stereocenters. The highest BCUT2D eigenvalue weighted by Crippen LogP contribution is 2.51. The van der Waals surface area contributed by atoms with E-state index in [0.29, 0.717) is 17.6 Å². The van der Waals surface area contributed by atoms with Crippen molar-refractivity contribution in [1.29, 1.82) is 0 Å². The van der Waals surface area contributed by atoms with Gasteiger partial charge in [-0.05, 0) is 37.0 Å². The Balaban J connectivity index is 1.81. The van der Waals surface area contributed by atoms with Gasteiger partial charge < -0.3 is 0 Å². The van der Waals surface area contributed by atoms with Crippen molar-refractivity contribution in [2.45, 2.75) is 58.8 Å². The van der Waals surface area contributed by atoms with E-state index in [4.69, 9.17) is 0 Å². The van der Waals surface area contributed by atoms with Crippen LogP contribution in [0.25, 0.3) is 0 Å². The van der Waals surface area contributed by atoms with Crippen molar-refractivity contribution in [2.75, 3.05) is 0 Å². The molecular formula is C14H24O. The van der Waals surface area contributed by atoms with Crippen LogP contribution >= 0.6 is 0 Å². The maximum absolute atomic E-state index is 12.1. The number of fused-ring (bicyclic) bond motifs is 2. The average Bonchev–Trinajstić information content (AvgIpc) is 2.18. The monoisotopic (exact) mass is 208 g/mol. The Bertz CT molecular complexity index is 219. The van der Waals surface area contributed by atoms with E-state index in [1.165, 1.54) is 38.5 Å². The zero-order valence-corrected chi connectivity index (χ0v) is 10.2. The number of Topliss-reactive ketones (excluding diaryl/α,β-unsaturated/α-hetero) is 1. The molecule has 2 bridgehead atoms. The summed E-state index contributed by atoms with van der Waals surface area (Å²) in [5.74, 6) is 3.26. The standard InChI is InChI=1S/C14H24O/c1-3-5-10(2)8-13(15)14-11-6-4-7-12(14)9-11/h10-12,14H,3-9H2,1-2H3. The predicted molar refractivity (Wildman–Crippen MR) is 62.6 cm³/mol. The first kappa shape index (κ1) is 11.2. The number of hydrogen-bond donors (Lipinski definition) is 0. The second-order valence-electron chi connectivity index (χ2n) is 5.78. The molecule has 0 N–H and O–H groups in total. The molecule has 3 aliphatic rings. The minimum Gasteiger partial charge on any atom is -0.299 e. The van der Waals surface area contributed by atoms with Crippen LogP contribution in [-0.4, -0.2) is 5.78 Å². The van der Waals surface area contributed by atoms with Crippen LogP contribution in [0.5, 0.6) is 0 Å². The summed E-state index contributed by atoms with van der Waals surface area (Å²) in [5.41, 5.74) is 0. The Hall–Kier alpha value is -0.330. The van der Waals surface area contributed by atoms with Crippen molar-refractivity contribution >= 4 is 5.78 Å². The molecule has 3 atom stereocenters. The molecule has 1 nitrogen and oxygen atoms in total. The van der Waals surface area contributed by atoms with Gasteiger partial charge in [0.25, 0.3) is 0 Å². The Morgan fingerprint density at radius 2 is 2.00 bits per heavy atom. The molecule has 0 aromatic heterocycles. The molecule has 0 spiro atoms. The molecule has 3 saturated carbocycles. The maximum atomic E-state index is 12.1. The largest absolute Gasteiger partial charge is 0.299 e. The van der Waals surface area contributed by atoms with E-state index in [1.807, 2.05) is 0 Å². The van der Waals surface area contributed by atoms with E-state index in [0.717, 1.165) is 18.3 Å². The molecule has 3 fully saturated rings. The first-order chi connectivity index (χ1) is 7.22. The summed E-state index contributed by atoms with van der Waals surface area (Å²) in [4.78, 5) is 12.1. The summed E-state index contributed by atoms with van der Waals surface area (Å²) in [5, 5.41) is 0. The van der Waals surface area contributed by atoms with Crippen molar-refractivity contribution in [3.8, 4) is 0 Å². The first-order valence-electron chi connectivity index (χ1n) is 6.75. The molecule has 0 aromatic rings. The van der Waals surface area contributed by atoms with Crippen molar-refractivity contribution in [3.05, 3.63) is 0 Å². The van der Waals surface area contributed by atoms with Gasteiger partial charge in [0, 0.05) is 12.3 Å². The summed E-state index contributed by atoms with van der Waals surface area (Å²) >= 11 is 0. The van der Waals surface area contributed by atoms with Crippen LogP contribution in [-0.2, 0) is 4.79 Å². The zero-order chi connectivity index (χ0) is 10.8. The van der Waals surface area contributed by atoms with Gasteiger partial charge in [0.1, 0.15) is 5.78 Å². The lowest BCUT2D eigenvalue weighted by molar-refractivity contribution is -0.136. The van der Waals surface area contributed by atoms with Gasteiger partial charge in [0.05, 0.1) is 0 Å². The Morgan fingerprint density at radius 3 is 2.53 bits per heavy atom. The highest BCUT2D eigenvalue weighted by atomic mass is 16.1. The molecule has 0 amide bonds. The molecule has 0 saturated heterocycles. The van der Waals surface area contributed by atoms with E-state index in [9.17, 15) is 4.79 Å².